The smallest absolute Gasteiger partial charge is 0.269 e. The third-order valence-corrected chi connectivity index (χ3v) is 6.62. The topological polar surface area (TPSA) is 101 Å². The molecule has 0 radical (unpaired) electrons. The van der Waals surface area contributed by atoms with E-state index < -0.39 is 0 Å². The Hall–Kier alpha value is -3.34. The van der Waals surface area contributed by atoms with Crippen LogP contribution in [-0.4, -0.2) is 64.9 Å². The molecule has 9 nitrogen and oxygen atoms in total. The molecule has 3 aromatic rings. The van der Waals surface area contributed by atoms with Crippen molar-refractivity contribution in [1.29, 1.82) is 0 Å². The summed E-state index contributed by atoms with van der Waals surface area (Å²) in [5.74, 6) is 0.779. The summed E-state index contributed by atoms with van der Waals surface area (Å²) in [4.78, 5) is 32.2. The van der Waals surface area contributed by atoms with Crippen molar-refractivity contribution in [3.8, 4) is 17.0 Å². The van der Waals surface area contributed by atoms with Crippen molar-refractivity contribution in [3.63, 3.8) is 0 Å². The number of aromatic nitrogens is 1. The summed E-state index contributed by atoms with van der Waals surface area (Å²) < 4.78 is 5.47. The number of nitrogens with zero attached hydrogens (tertiary/aromatic N) is 4. The minimum atomic E-state index is -0.362. The summed E-state index contributed by atoms with van der Waals surface area (Å²) in [5, 5.41) is 16.4. The molecule has 1 fully saturated rings. The third-order valence-electron chi connectivity index (χ3n) is 5.86. The predicted octanol–water partition coefficient (Wildman–Crippen LogP) is 4.26. The molecule has 1 saturated heterocycles. The lowest BCUT2D eigenvalue weighted by atomic mass is 10.1. The maximum absolute atomic E-state index is 12.5. The molecule has 1 aromatic heterocycles. The lowest BCUT2D eigenvalue weighted by Crippen LogP contribution is -2.46. The Labute approximate surface area is 208 Å². The summed E-state index contributed by atoms with van der Waals surface area (Å²) in [7, 11) is 0. The average molecular weight is 496 g/mol. The number of nitrogens with one attached hydrogen (secondary N) is 1. The Bertz CT molecular complexity index is 1140. The molecule has 2 aromatic carbocycles. The van der Waals surface area contributed by atoms with Crippen molar-refractivity contribution in [2.75, 3.05) is 44.6 Å². The first-order valence-electron chi connectivity index (χ1n) is 11.7. The zero-order valence-corrected chi connectivity index (χ0v) is 20.5. The monoisotopic (exact) mass is 495 g/mol. The van der Waals surface area contributed by atoms with E-state index in [2.05, 4.69) is 20.1 Å². The number of hydrogen-bond donors (Lipinski definition) is 1. The largest absolute Gasteiger partial charge is 0.494 e. The molecule has 0 spiro atoms. The summed E-state index contributed by atoms with van der Waals surface area (Å²) in [6, 6.07) is 14.6. The lowest BCUT2D eigenvalue weighted by molar-refractivity contribution is -0.384. The van der Waals surface area contributed by atoms with Crippen molar-refractivity contribution < 1.29 is 14.5 Å². The van der Waals surface area contributed by atoms with Gasteiger partial charge in [0.25, 0.3) is 5.69 Å². The highest BCUT2D eigenvalue weighted by atomic mass is 32.1. The number of hydrogen-bond acceptors (Lipinski definition) is 8. The van der Waals surface area contributed by atoms with Crippen LogP contribution in [0.25, 0.3) is 11.3 Å². The highest BCUT2D eigenvalue weighted by Gasteiger charge is 2.19. The second-order valence-electron chi connectivity index (χ2n) is 8.34. The molecule has 4 rings (SSSR count). The van der Waals surface area contributed by atoms with Crippen molar-refractivity contribution in [3.05, 3.63) is 69.6 Å². The number of piperazine rings is 1. The van der Waals surface area contributed by atoms with Crippen LogP contribution in [0.1, 0.15) is 18.9 Å². The molecule has 0 atom stereocenters. The normalized spacial score (nSPS) is 14.5. The number of rotatable bonds is 10. The van der Waals surface area contributed by atoms with Crippen LogP contribution in [0.15, 0.2) is 53.9 Å². The zero-order valence-electron chi connectivity index (χ0n) is 19.7. The molecule has 1 N–H and O–H groups in total. The molecule has 0 bridgehead atoms. The molecule has 1 aliphatic heterocycles. The summed E-state index contributed by atoms with van der Waals surface area (Å²) in [6.07, 6.45) is 0.406. The fraction of sp³-hybridized carbons (Fsp3) is 0.360. The van der Waals surface area contributed by atoms with Gasteiger partial charge in [-0.25, -0.2) is 4.98 Å². The van der Waals surface area contributed by atoms with Crippen LogP contribution in [0.4, 0.5) is 10.8 Å². The minimum Gasteiger partial charge on any atom is -0.494 e. The zero-order chi connectivity index (χ0) is 24.6. The first-order chi connectivity index (χ1) is 17.0. The second kappa shape index (κ2) is 11.9. The standard InChI is InChI=1S/C25H29N5O4S/c1-2-34-22-8-6-20(7-9-22)23-18-35-25(26-23)27-24(31)10-11-28-12-14-29(15-13-28)17-19-4-3-5-21(16-19)30(32)33/h3-9,16,18H,2,10-15,17H2,1H3,(H,26,27,31). The second-order valence-corrected chi connectivity index (χ2v) is 9.20. The predicted molar refractivity (Wildman–Crippen MR) is 137 cm³/mol. The number of nitro benzene ring substituents is 1. The van der Waals surface area contributed by atoms with Gasteiger partial charge < -0.3 is 15.0 Å². The molecule has 35 heavy (non-hydrogen) atoms. The molecule has 184 valence electrons. The van der Waals surface area contributed by atoms with E-state index in [1.807, 2.05) is 42.6 Å². The number of carbonyl (C=O) groups excluding carboxylic acids is 1. The van der Waals surface area contributed by atoms with Gasteiger partial charge in [0.05, 0.1) is 17.2 Å². The Morgan fingerprint density at radius 1 is 1.14 bits per heavy atom. The van der Waals surface area contributed by atoms with Crippen molar-refractivity contribution in [2.24, 2.45) is 0 Å². The highest BCUT2D eigenvalue weighted by Crippen LogP contribution is 2.26. The summed E-state index contributed by atoms with van der Waals surface area (Å²) in [6.45, 7) is 7.41. The van der Waals surface area contributed by atoms with E-state index in [0.29, 0.717) is 31.2 Å². The highest BCUT2D eigenvalue weighted by molar-refractivity contribution is 7.14. The van der Waals surface area contributed by atoms with E-state index in [1.54, 1.807) is 12.1 Å². The third kappa shape index (κ3) is 7.08. The Morgan fingerprint density at radius 3 is 2.60 bits per heavy atom. The van der Waals surface area contributed by atoms with Crippen LogP contribution >= 0.6 is 11.3 Å². The van der Waals surface area contributed by atoms with Crippen LogP contribution in [-0.2, 0) is 11.3 Å². The lowest BCUT2D eigenvalue weighted by Gasteiger charge is -2.34. The van der Waals surface area contributed by atoms with Crippen molar-refractivity contribution in [1.82, 2.24) is 14.8 Å². The molecule has 1 amide bonds. The van der Waals surface area contributed by atoms with Gasteiger partial charge in [-0.05, 0) is 36.8 Å². The number of thiazole rings is 1. The van der Waals surface area contributed by atoms with Crippen LogP contribution in [0.3, 0.4) is 0 Å². The number of benzene rings is 2. The van der Waals surface area contributed by atoms with Gasteiger partial charge in [-0.15, -0.1) is 11.3 Å². The molecule has 0 saturated carbocycles. The average Bonchev–Trinajstić information content (AvgIpc) is 3.33. The maximum atomic E-state index is 12.5. The molecular formula is C25H29N5O4S. The number of non-ortho nitro benzene ring substituents is 1. The molecular weight excluding hydrogens is 466 g/mol. The van der Waals surface area contributed by atoms with E-state index in [9.17, 15) is 14.9 Å². The van der Waals surface area contributed by atoms with Crippen LogP contribution < -0.4 is 10.1 Å². The quantitative estimate of drug-likeness (QED) is 0.331. The Balaban J connectivity index is 1.19. The van der Waals surface area contributed by atoms with Gasteiger partial charge in [0.2, 0.25) is 5.91 Å². The van der Waals surface area contributed by atoms with Gasteiger partial charge in [-0.3, -0.25) is 19.8 Å². The molecule has 0 unspecified atom stereocenters. The van der Waals surface area contributed by atoms with Crippen LogP contribution in [0.2, 0.25) is 0 Å². The number of nitro groups is 1. The van der Waals surface area contributed by atoms with Gasteiger partial charge in [0.15, 0.2) is 5.13 Å². The summed E-state index contributed by atoms with van der Waals surface area (Å²) >= 11 is 1.42. The van der Waals surface area contributed by atoms with Crippen LogP contribution in [0.5, 0.6) is 5.75 Å². The number of ether oxygens (including phenoxy) is 1. The van der Waals surface area contributed by atoms with Crippen molar-refractivity contribution in [2.45, 2.75) is 19.9 Å². The van der Waals surface area contributed by atoms with Crippen LogP contribution in [0, 0.1) is 10.1 Å². The molecule has 0 aliphatic carbocycles. The minimum absolute atomic E-state index is 0.0448. The van der Waals surface area contributed by atoms with E-state index in [1.165, 1.54) is 17.4 Å². The van der Waals surface area contributed by atoms with E-state index >= 15 is 0 Å². The van der Waals surface area contributed by atoms with E-state index in [0.717, 1.165) is 48.7 Å². The van der Waals surface area contributed by atoms with Gasteiger partial charge in [-0.2, -0.15) is 0 Å². The fourth-order valence-corrected chi connectivity index (χ4v) is 4.73. The molecule has 2 heterocycles. The Kier molecular flexibility index (Phi) is 8.40. The SMILES string of the molecule is CCOc1ccc(-c2csc(NC(=O)CCN3CCN(Cc4cccc([N+](=O)[O-])c4)CC3)n2)cc1. The molecule has 1 aliphatic rings. The van der Waals surface area contributed by atoms with E-state index in [-0.39, 0.29) is 16.5 Å². The van der Waals surface area contributed by atoms with Gasteiger partial charge in [-0.1, -0.05) is 12.1 Å². The van der Waals surface area contributed by atoms with E-state index in [4.69, 9.17) is 4.74 Å². The maximum Gasteiger partial charge on any atom is 0.269 e. The van der Waals surface area contributed by atoms with Crippen molar-refractivity contribution >= 4 is 28.1 Å². The first-order valence-corrected chi connectivity index (χ1v) is 12.5. The van der Waals surface area contributed by atoms with Gasteiger partial charge in [0.1, 0.15) is 5.75 Å². The number of amides is 1. The fourth-order valence-electron chi connectivity index (χ4n) is 3.99. The Morgan fingerprint density at radius 2 is 1.89 bits per heavy atom. The van der Waals surface area contributed by atoms with Gasteiger partial charge in [0, 0.05) is 68.8 Å². The summed E-state index contributed by atoms with van der Waals surface area (Å²) in [5.41, 5.74) is 2.88. The number of carbonyl (C=O) groups is 1. The number of anilines is 1. The van der Waals surface area contributed by atoms with Gasteiger partial charge >= 0.3 is 0 Å². The molecule has 10 heteroatoms. The first kappa shape index (κ1) is 24.8.